The average Bonchev–Trinajstić information content (AvgIpc) is 3.18. The van der Waals surface area contributed by atoms with Gasteiger partial charge in [-0.05, 0) is 57.0 Å². The van der Waals surface area contributed by atoms with Crippen LogP contribution in [0.5, 0.6) is 5.75 Å². The summed E-state index contributed by atoms with van der Waals surface area (Å²) < 4.78 is 9.05. The second-order valence-electron chi connectivity index (χ2n) is 6.51. The van der Waals surface area contributed by atoms with Crippen molar-refractivity contribution < 1.29 is 9.53 Å². The van der Waals surface area contributed by atoms with Crippen LogP contribution >= 0.6 is 11.6 Å². The van der Waals surface area contributed by atoms with E-state index >= 15 is 0 Å². The van der Waals surface area contributed by atoms with Crippen molar-refractivity contribution in [3.63, 3.8) is 0 Å². The van der Waals surface area contributed by atoms with Crippen molar-refractivity contribution in [1.29, 1.82) is 0 Å². The van der Waals surface area contributed by atoms with Crippen LogP contribution in [0.3, 0.4) is 0 Å². The highest BCUT2D eigenvalue weighted by atomic mass is 35.5. The normalized spacial score (nSPS) is 10.9. The lowest BCUT2D eigenvalue weighted by molar-refractivity contribution is 0.102. The predicted molar refractivity (Wildman–Crippen MR) is 104 cm³/mol. The van der Waals surface area contributed by atoms with Gasteiger partial charge in [0.15, 0.2) is 12.4 Å². The van der Waals surface area contributed by atoms with E-state index in [9.17, 15) is 4.79 Å². The third-order valence-corrected chi connectivity index (χ3v) is 4.99. The van der Waals surface area contributed by atoms with Crippen LogP contribution in [0, 0.1) is 27.7 Å². The van der Waals surface area contributed by atoms with E-state index < -0.39 is 0 Å². The van der Waals surface area contributed by atoms with Gasteiger partial charge >= 0.3 is 0 Å². The third kappa shape index (κ3) is 3.98. The van der Waals surface area contributed by atoms with E-state index in [1.54, 1.807) is 21.6 Å². The van der Waals surface area contributed by atoms with Crippen LogP contribution < -0.4 is 10.1 Å². The molecular formula is C19H22ClN5O2. The monoisotopic (exact) mass is 387 g/mol. The van der Waals surface area contributed by atoms with Crippen LogP contribution in [0.4, 0.5) is 5.69 Å². The molecular weight excluding hydrogens is 366 g/mol. The molecule has 0 saturated heterocycles. The second-order valence-corrected chi connectivity index (χ2v) is 6.89. The minimum absolute atomic E-state index is 0.193. The third-order valence-electron chi connectivity index (χ3n) is 4.39. The molecule has 1 amide bonds. The minimum atomic E-state index is -0.286. The van der Waals surface area contributed by atoms with Gasteiger partial charge in [0.25, 0.3) is 5.91 Å². The van der Waals surface area contributed by atoms with Gasteiger partial charge < -0.3 is 10.1 Å². The molecule has 0 aliphatic rings. The summed E-state index contributed by atoms with van der Waals surface area (Å²) in [7, 11) is 1.84. The minimum Gasteiger partial charge on any atom is -0.471 e. The van der Waals surface area contributed by atoms with Crippen LogP contribution in [-0.4, -0.2) is 25.5 Å². The summed E-state index contributed by atoms with van der Waals surface area (Å²) in [6.07, 6.45) is 1.70. The highest BCUT2D eigenvalue weighted by molar-refractivity contribution is 6.32. The lowest BCUT2D eigenvalue weighted by atomic mass is 10.1. The van der Waals surface area contributed by atoms with Crippen LogP contribution in [0.1, 0.15) is 33.0 Å². The number of aryl methyl sites for hydroxylation is 4. The number of ether oxygens (including phenoxy) is 1. The maximum atomic E-state index is 12.5. The molecule has 7 nitrogen and oxygen atoms in total. The number of carbonyl (C=O) groups excluding carboxylic acids is 1. The Bertz CT molecular complexity index is 983. The number of carbonyl (C=O) groups is 1. The summed E-state index contributed by atoms with van der Waals surface area (Å²) in [4.78, 5) is 12.5. The number of hydrogen-bond donors (Lipinski definition) is 1. The molecule has 3 aromatic rings. The van der Waals surface area contributed by atoms with Crippen molar-refractivity contribution >= 4 is 23.2 Å². The Morgan fingerprint density at radius 1 is 1.19 bits per heavy atom. The Labute approximate surface area is 162 Å². The predicted octanol–water partition coefficient (Wildman–Crippen LogP) is 3.79. The van der Waals surface area contributed by atoms with Gasteiger partial charge in [0, 0.05) is 18.3 Å². The van der Waals surface area contributed by atoms with Gasteiger partial charge in [0.05, 0.1) is 17.1 Å². The van der Waals surface area contributed by atoms with Gasteiger partial charge in [-0.1, -0.05) is 11.6 Å². The molecule has 27 heavy (non-hydrogen) atoms. The number of rotatable bonds is 5. The van der Waals surface area contributed by atoms with E-state index in [2.05, 4.69) is 15.5 Å². The molecule has 142 valence electrons. The molecule has 0 aliphatic heterocycles. The molecule has 0 unspecified atom stereocenters. The largest absolute Gasteiger partial charge is 0.471 e. The number of nitrogens with zero attached hydrogens (tertiary/aromatic N) is 4. The van der Waals surface area contributed by atoms with E-state index in [1.807, 2.05) is 46.9 Å². The summed E-state index contributed by atoms with van der Waals surface area (Å²) >= 11 is 6.17. The van der Waals surface area contributed by atoms with E-state index in [0.29, 0.717) is 17.1 Å². The maximum absolute atomic E-state index is 12.5. The van der Waals surface area contributed by atoms with E-state index in [0.717, 1.165) is 27.5 Å². The van der Waals surface area contributed by atoms with Gasteiger partial charge in [-0.3, -0.25) is 9.48 Å². The Hall–Kier alpha value is -2.80. The zero-order chi connectivity index (χ0) is 19.7. The lowest BCUT2D eigenvalue weighted by Gasteiger charge is -2.10. The van der Waals surface area contributed by atoms with Gasteiger partial charge in [-0.2, -0.15) is 10.2 Å². The molecule has 1 N–H and O–H groups in total. The molecule has 0 bridgehead atoms. The number of amides is 1. The van der Waals surface area contributed by atoms with Crippen LogP contribution in [0.15, 0.2) is 24.4 Å². The van der Waals surface area contributed by atoms with E-state index in [-0.39, 0.29) is 12.6 Å². The Kier molecular flexibility index (Phi) is 5.23. The number of nitrogens with one attached hydrogen (secondary N) is 1. The molecule has 2 aromatic heterocycles. The van der Waals surface area contributed by atoms with Crippen molar-refractivity contribution in [2.75, 3.05) is 5.32 Å². The standard InChI is InChI=1S/C19H22ClN5O2/c1-11-8-15(9-12(2)17(11)20)27-10-25-7-6-16(23-25)19(26)21-18-13(3)22-24(5)14(18)4/h6-9H,10H2,1-5H3,(H,21,26). The number of anilines is 1. The first-order valence-corrected chi connectivity index (χ1v) is 8.88. The van der Waals surface area contributed by atoms with Crippen molar-refractivity contribution in [2.45, 2.75) is 34.4 Å². The molecule has 0 fully saturated rings. The van der Waals surface area contributed by atoms with E-state index in [1.165, 1.54) is 0 Å². The van der Waals surface area contributed by atoms with Crippen molar-refractivity contribution in [3.8, 4) is 5.75 Å². The lowest BCUT2D eigenvalue weighted by Crippen LogP contribution is -2.15. The second kappa shape index (κ2) is 7.44. The van der Waals surface area contributed by atoms with Gasteiger partial charge in [-0.25, -0.2) is 4.68 Å². The molecule has 0 atom stereocenters. The maximum Gasteiger partial charge on any atom is 0.276 e. The molecule has 0 radical (unpaired) electrons. The summed E-state index contributed by atoms with van der Waals surface area (Å²) in [5.74, 6) is 0.420. The highest BCUT2D eigenvalue weighted by Gasteiger charge is 2.16. The molecule has 3 rings (SSSR count). The molecule has 0 spiro atoms. The summed E-state index contributed by atoms with van der Waals surface area (Å²) in [5.41, 5.74) is 4.57. The van der Waals surface area contributed by atoms with Gasteiger partial charge in [0.1, 0.15) is 5.75 Å². The zero-order valence-corrected chi connectivity index (χ0v) is 16.8. The molecule has 2 heterocycles. The number of benzene rings is 1. The van der Waals surface area contributed by atoms with Crippen molar-refractivity contribution in [3.05, 3.63) is 57.6 Å². The SMILES string of the molecule is Cc1cc(OCn2ccc(C(=O)Nc3c(C)nn(C)c3C)n2)cc(C)c1Cl. The topological polar surface area (TPSA) is 74.0 Å². The van der Waals surface area contributed by atoms with Crippen molar-refractivity contribution in [2.24, 2.45) is 7.05 Å². The fraction of sp³-hybridized carbons (Fsp3) is 0.316. The average molecular weight is 388 g/mol. The summed E-state index contributed by atoms with van der Waals surface area (Å²) in [6.45, 7) is 7.81. The first-order valence-electron chi connectivity index (χ1n) is 8.51. The van der Waals surface area contributed by atoms with Crippen LogP contribution in [0.2, 0.25) is 5.02 Å². The fourth-order valence-corrected chi connectivity index (χ4v) is 2.93. The highest BCUT2D eigenvalue weighted by Crippen LogP contribution is 2.26. The van der Waals surface area contributed by atoms with Crippen molar-refractivity contribution in [1.82, 2.24) is 19.6 Å². The molecule has 1 aromatic carbocycles. The van der Waals surface area contributed by atoms with Gasteiger partial charge in [-0.15, -0.1) is 0 Å². The molecule has 0 aliphatic carbocycles. The number of hydrogen-bond acceptors (Lipinski definition) is 4. The first-order chi connectivity index (χ1) is 12.8. The zero-order valence-electron chi connectivity index (χ0n) is 16.0. The Balaban J connectivity index is 1.67. The molecule has 0 saturated carbocycles. The first kappa shape index (κ1) is 19.0. The summed E-state index contributed by atoms with van der Waals surface area (Å²) in [5, 5.41) is 12.2. The quantitative estimate of drug-likeness (QED) is 0.722. The smallest absolute Gasteiger partial charge is 0.276 e. The van der Waals surface area contributed by atoms with Crippen LogP contribution in [0.25, 0.3) is 0 Å². The van der Waals surface area contributed by atoms with E-state index in [4.69, 9.17) is 16.3 Å². The summed E-state index contributed by atoms with van der Waals surface area (Å²) in [6, 6.07) is 5.40. The number of aromatic nitrogens is 4. The fourth-order valence-electron chi connectivity index (χ4n) is 2.82. The van der Waals surface area contributed by atoms with Gasteiger partial charge in [0.2, 0.25) is 0 Å². The van der Waals surface area contributed by atoms with Crippen LogP contribution in [-0.2, 0) is 13.8 Å². The number of halogens is 1. The molecule has 8 heteroatoms. The Morgan fingerprint density at radius 3 is 2.44 bits per heavy atom. The Morgan fingerprint density at radius 2 is 1.85 bits per heavy atom.